The second-order valence-corrected chi connectivity index (χ2v) is 7.32. The smallest absolute Gasteiger partial charge is 0.340 e. The van der Waals surface area contributed by atoms with Gasteiger partial charge >= 0.3 is 5.97 Å². The molecule has 0 unspecified atom stereocenters. The summed E-state index contributed by atoms with van der Waals surface area (Å²) in [5.74, 6) is -0.832. The van der Waals surface area contributed by atoms with Crippen LogP contribution in [-0.2, 0) is 18.9 Å². The van der Waals surface area contributed by atoms with Gasteiger partial charge in [-0.15, -0.1) is 0 Å². The van der Waals surface area contributed by atoms with E-state index in [-0.39, 0.29) is 5.56 Å². The number of carbonyl (C=O) groups excluding carboxylic acids is 1. The van der Waals surface area contributed by atoms with Crippen LogP contribution in [-0.4, -0.2) is 116 Å². The van der Waals surface area contributed by atoms with Crippen LogP contribution in [0, 0.1) is 0 Å². The van der Waals surface area contributed by atoms with Gasteiger partial charge in [0.25, 0.3) is 0 Å². The van der Waals surface area contributed by atoms with Crippen molar-refractivity contribution in [1.29, 1.82) is 0 Å². The van der Waals surface area contributed by atoms with Gasteiger partial charge in [0.15, 0.2) is 6.29 Å². The molecular formula is C19H26O12. The fourth-order valence-electron chi connectivity index (χ4n) is 3.29. The molecule has 3 rings (SSSR count). The largest absolute Gasteiger partial charge is 0.429 e. The molecule has 0 saturated carbocycles. The summed E-state index contributed by atoms with van der Waals surface area (Å²) < 4.78 is 21.0. The Labute approximate surface area is 176 Å². The zero-order valence-corrected chi connectivity index (χ0v) is 16.2. The second-order valence-electron chi connectivity index (χ2n) is 7.32. The van der Waals surface area contributed by atoms with E-state index in [0.29, 0.717) is 0 Å². The first kappa shape index (κ1) is 23.9. The van der Waals surface area contributed by atoms with Crippen molar-refractivity contribution < 1.29 is 59.5 Å². The lowest BCUT2D eigenvalue weighted by Gasteiger charge is -2.42. The summed E-state index contributed by atoms with van der Waals surface area (Å²) >= 11 is 0. The Morgan fingerprint density at radius 1 is 0.774 bits per heavy atom. The number of aliphatic hydroxyl groups is 7. The molecule has 0 radical (unpaired) electrons. The molecule has 1 aromatic rings. The Bertz CT molecular complexity index is 715. The molecule has 2 aliphatic rings. The average Bonchev–Trinajstić information content (AvgIpc) is 2.78. The number of benzene rings is 1. The zero-order valence-electron chi connectivity index (χ0n) is 16.2. The Hall–Kier alpha value is -1.71. The molecule has 12 nitrogen and oxygen atoms in total. The SMILES string of the molecule is O=C(O[C@@H]1O[C@H](CO[C@@H]2O[C@H](CO)[C@@H](O)[C@H](O)[C@H]2O)[C@@H](O)[C@H](O)[C@H]1O)c1ccccc1. The van der Waals surface area contributed by atoms with Gasteiger partial charge < -0.3 is 54.7 Å². The van der Waals surface area contributed by atoms with Crippen LogP contribution >= 0.6 is 0 Å². The van der Waals surface area contributed by atoms with Gasteiger partial charge in [-0.25, -0.2) is 4.79 Å². The number of ether oxygens (including phenoxy) is 4. The first-order valence-corrected chi connectivity index (χ1v) is 9.62. The summed E-state index contributed by atoms with van der Waals surface area (Å²) in [6, 6.07) is 7.84. The van der Waals surface area contributed by atoms with Crippen molar-refractivity contribution in [3.8, 4) is 0 Å². The van der Waals surface area contributed by atoms with Gasteiger partial charge in [0.05, 0.1) is 18.8 Å². The average molecular weight is 446 g/mol. The van der Waals surface area contributed by atoms with Crippen LogP contribution < -0.4 is 0 Å². The molecule has 0 spiro atoms. The summed E-state index contributed by atoms with van der Waals surface area (Å²) in [7, 11) is 0. The first-order chi connectivity index (χ1) is 14.7. The van der Waals surface area contributed by atoms with E-state index in [9.17, 15) is 40.5 Å². The van der Waals surface area contributed by atoms with Crippen molar-refractivity contribution in [3.63, 3.8) is 0 Å². The monoisotopic (exact) mass is 446 g/mol. The third-order valence-corrected chi connectivity index (χ3v) is 5.17. The van der Waals surface area contributed by atoms with Crippen LogP contribution in [0.5, 0.6) is 0 Å². The number of carbonyl (C=O) groups is 1. The molecule has 1 aromatic carbocycles. The van der Waals surface area contributed by atoms with Crippen LogP contribution in [0.4, 0.5) is 0 Å². The first-order valence-electron chi connectivity index (χ1n) is 9.62. The number of aliphatic hydroxyl groups excluding tert-OH is 7. The maximum Gasteiger partial charge on any atom is 0.340 e. The normalized spacial score (nSPS) is 41.0. The number of hydrogen-bond acceptors (Lipinski definition) is 12. The van der Waals surface area contributed by atoms with Crippen LogP contribution in [0.25, 0.3) is 0 Å². The summed E-state index contributed by atoms with van der Waals surface area (Å²) in [5, 5.41) is 69.2. The Kier molecular flexibility index (Phi) is 7.93. The summed E-state index contributed by atoms with van der Waals surface area (Å²) in [6.45, 7) is -1.18. The lowest BCUT2D eigenvalue weighted by atomic mass is 9.98. The Balaban J connectivity index is 1.63. The van der Waals surface area contributed by atoms with Gasteiger partial charge in [-0.3, -0.25) is 0 Å². The zero-order chi connectivity index (χ0) is 22.7. The van der Waals surface area contributed by atoms with Crippen LogP contribution in [0.15, 0.2) is 30.3 Å². The third kappa shape index (κ3) is 5.21. The number of hydrogen-bond donors (Lipinski definition) is 7. The van der Waals surface area contributed by atoms with Crippen LogP contribution in [0.3, 0.4) is 0 Å². The van der Waals surface area contributed by atoms with E-state index in [2.05, 4.69) is 0 Å². The van der Waals surface area contributed by atoms with Crippen LogP contribution in [0.1, 0.15) is 10.4 Å². The summed E-state index contributed by atoms with van der Waals surface area (Å²) in [6.07, 6.45) is -15.7. The lowest BCUT2D eigenvalue weighted by Crippen LogP contribution is -2.61. The predicted octanol–water partition coefficient (Wildman–Crippen LogP) is -3.53. The van der Waals surface area contributed by atoms with Crippen molar-refractivity contribution in [2.24, 2.45) is 0 Å². The van der Waals surface area contributed by atoms with Crippen molar-refractivity contribution in [2.45, 2.75) is 61.4 Å². The minimum absolute atomic E-state index is 0.174. The molecule has 31 heavy (non-hydrogen) atoms. The molecule has 0 aliphatic carbocycles. The van der Waals surface area contributed by atoms with Gasteiger partial charge in [0.2, 0.25) is 6.29 Å². The van der Waals surface area contributed by atoms with E-state index in [1.807, 2.05) is 0 Å². The predicted molar refractivity (Wildman–Crippen MR) is 98.3 cm³/mol. The third-order valence-electron chi connectivity index (χ3n) is 5.17. The van der Waals surface area contributed by atoms with Crippen molar-refractivity contribution in [3.05, 3.63) is 35.9 Å². The molecule has 2 aliphatic heterocycles. The van der Waals surface area contributed by atoms with E-state index in [1.165, 1.54) is 12.1 Å². The molecule has 0 amide bonds. The fourth-order valence-corrected chi connectivity index (χ4v) is 3.29. The summed E-state index contributed by atoms with van der Waals surface area (Å²) in [4.78, 5) is 12.2. The molecule has 10 atom stereocenters. The van der Waals surface area contributed by atoms with Gasteiger partial charge in [-0.05, 0) is 12.1 Å². The molecule has 0 aromatic heterocycles. The Morgan fingerprint density at radius 2 is 1.32 bits per heavy atom. The molecule has 0 bridgehead atoms. The maximum absolute atomic E-state index is 12.2. The number of rotatable bonds is 6. The molecule has 12 heteroatoms. The molecule has 174 valence electrons. The van der Waals surface area contributed by atoms with E-state index in [1.54, 1.807) is 18.2 Å². The lowest BCUT2D eigenvalue weighted by molar-refractivity contribution is -0.325. The number of esters is 1. The fraction of sp³-hybridized carbons (Fsp3) is 0.632. The van der Waals surface area contributed by atoms with Crippen molar-refractivity contribution in [2.75, 3.05) is 13.2 Å². The maximum atomic E-state index is 12.2. The van der Waals surface area contributed by atoms with Crippen molar-refractivity contribution in [1.82, 2.24) is 0 Å². The highest BCUT2D eigenvalue weighted by atomic mass is 16.7. The van der Waals surface area contributed by atoms with E-state index >= 15 is 0 Å². The standard InChI is InChI=1S/C19H26O12/c20-6-9-11(21)13(23)15(25)18(29-9)28-7-10-12(22)14(24)16(26)19(30-10)31-17(27)8-4-2-1-3-5-8/h1-5,9-16,18-26H,6-7H2/t9-,10-,11-,12-,13+,14+,15-,16-,18-,19+/m1/s1. The van der Waals surface area contributed by atoms with Gasteiger partial charge in [-0.2, -0.15) is 0 Å². The molecule has 2 heterocycles. The van der Waals surface area contributed by atoms with E-state index < -0.39 is 80.6 Å². The molecule has 2 saturated heterocycles. The van der Waals surface area contributed by atoms with Crippen molar-refractivity contribution >= 4 is 5.97 Å². The highest BCUT2D eigenvalue weighted by Crippen LogP contribution is 2.26. The van der Waals surface area contributed by atoms with E-state index in [0.717, 1.165) is 0 Å². The van der Waals surface area contributed by atoms with Gasteiger partial charge in [0.1, 0.15) is 48.8 Å². The second kappa shape index (κ2) is 10.3. The molecule has 2 fully saturated rings. The van der Waals surface area contributed by atoms with E-state index in [4.69, 9.17) is 18.9 Å². The topological polar surface area (TPSA) is 196 Å². The molecular weight excluding hydrogens is 420 g/mol. The van der Waals surface area contributed by atoms with Crippen LogP contribution in [0.2, 0.25) is 0 Å². The highest BCUT2D eigenvalue weighted by molar-refractivity contribution is 5.89. The Morgan fingerprint density at radius 3 is 1.94 bits per heavy atom. The minimum Gasteiger partial charge on any atom is -0.429 e. The summed E-state index contributed by atoms with van der Waals surface area (Å²) in [5.41, 5.74) is 0.174. The van der Waals surface area contributed by atoms with Gasteiger partial charge in [-0.1, -0.05) is 18.2 Å². The molecule has 7 N–H and O–H groups in total. The van der Waals surface area contributed by atoms with Gasteiger partial charge in [0, 0.05) is 0 Å². The minimum atomic E-state index is -1.74. The highest BCUT2D eigenvalue weighted by Gasteiger charge is 2.48. The quantitative estimate of drug-likeness (QED) is 0.213.